The van der Waals surface area contributed by atoms with Gasteiger partial charge in [-0.3, -0.25) is 9.36 Å². The van der Waals surface area contributed by atoms with Gasteiger partial charge in [-0.2, -0.15) is 5.26 Å². The Hall–Kier alpha value is -3.73. The number of nitrogens with one attached hydrogen (secondary N) is 1. The number of nitrogens with zero attached hydrogens (tertiary/aromatic N) is 3. The molecule has 0 unspecified atom stereocenters. The number of ether oxygens (including phenoxy) is 1. The number of benzene rings is 2. The lowest BCUT2D eigenvalue weighted by Crippen LogP contribution is -2.34. The molecular formula is C22H21FN4O3. The summed E-state index contributed by atoms with van der Waals surface area (Å²) in [5.74, 6) is -0.349. The zero-order chi connectivity index (χ0) is 21.9. The fourth-order valence-corrected chi connectivity index (χ4v) is 2.97. The number of nitriles is 1. The van der Waals surface area contributed by atoms with Crippen molar-refractivity contribution in [1.82, 2.24) is 14.9 Å². The van der Waals surface area contributed by atoms with Gasteiger partial charge < -0.3 is 10.1 Å². The molecule has 0 aliphatic rings. The van der Waals surface area contributed by atoms with Crippen LogP contribution in [0.4, 0.5) is 9.18 Å². The number of alkyl carbamates (subject to hydrolysis) is 1. The smallest absolute Gasteiger partial charge is 0.407 e. The van der Waals surface area contributed by atoms with E-state index in [-0.39, 0.29) is 23.9 Å². The first-order valence-electron chi connectivity index (χ1n) is 9.37. The van der Waals surface area contributed by atoms with E-state index in [1.807, 2.05) is 6.07 Å². The van der Waals surface area contributed by atoms with Gasteiger partial charge in [-0.05, 0) is 51.1 Å². The van der Waals surface area contributed by atoms with Crippen LogP contribution in [-0.4, -0.2) is 27.8 Å². The van der Waals surface area contributed by atoms with E-state index in [9.17, 15) is 19.2 Å². The van der Waals surface area contributed by atoms with Crippen molar-refractivity contribution in [3.05, 3.63) is 70.0 Å². The predicted molar refractivity (Wildman–Crippen MR) is 110 cm³/mol. The number of rotatable bonds is 4. The Balaban J connectivity index is 2.03. The second kappa shape index (κ2) is 8.33. The molecule has 1 aromatic heterocycles. The molecule has 3 rings (SSSR count). The van der Waals surface area contributed by atoms with Gasteiger partial charge in [0.25, 0.3) is 5.56 Å². The molecule has 1 N–H and O–H groups in total. The molecule has 0 saturated heterocycles. The fraction of sp³-hybridized carbons (Fsp3) is 0.273. The molecule has 7 nitrogen and oxygen atoms in total. The number of carbonyl (C=O) groups is 1. The normalized spacial score (nSPS) is 11.2. The second-order valence-corrected chi connectivity index (χ2v) is 7.64. The Morgan fingerprint density at radius 2 is 2.00 bits per heavy atom. The molecule has 0 aliphatic carbocycles. The summed E-state index contributed by atoms with van der Waals surface area (Å²) in [7, 11) is 0. The highest BCUT2D eigenvalue weighted by atomic mass is 19.1. The predicted octanol–water partition coefficient (Wildman–Crippen LogP) is 3.46. The van der Waals surface area contributed by atoms with Gasteiger partial charge in [0, 0.05) is 13.0 Å². The molecule has 0 saturated carbocycles. The van der Waals surface area contributed by atoms with Crippen LogP contribution in [0, 0.1) is 17.1 Å². The molecular weight excluding hydrogens is 387 g/mol. The number of halogens is 1. The maximum Gasteiger partial charge on any atom is 0.407 e. The summed E-state index contributed by atoms with van der Waals surface area (Å²) >= 11 is 0. The van der Waals surface area contributed by atoms with Crippen molar-refractivity contribution < 1.29 is 13.9 Å². The number of amides is 1. The lowest BCUT2D eigenvalue weighted by molar-refractivity contribution is 0.0528. The first kappa shape index (κ1) is 21.0. The summed E-state index contributed by atoms with van der Waals surface area (Å²) in [6.45, 7) is 5.42. The Bertz CT molecular complexity index is 1210. The summed E-state index contributed by atoms with van der Waals surface area (Å²) in [5, 5.41) is 11.7. The van der Waals surface area contributed by atoms with Crippen molar-refractivity contribution in [2.24, 2.45) is 0 Å². The summed E-state index contributed by atoms with van der Waals surface area (Å²) in [6, 6.07) is 12.7. The van der Waals surface area contributed by atoms with Crippen LogP contribution >= 0.6 is 0 Å². The van der Waals surface area contributed by atoms with Crippen LogP contribution in [-0.2, 0) is 11.2 Å². The molecule has 0 aliphatic heterocycles. The number of aromatic nitrogens is 2. The molecule has 1 heterocycles. The van der Waals surface area contributed by atoms with Gasteiger partial charge in [0.05, 0.1) is 22.8 Å². The van der Waals surface area contributed by atoms with E-state index in [0.717, 1.165) is 0 Å². The SMILES string of the molecule is CC(C)(C)OC(=O)NCCc1nc2cccc(F)c2c(=O)n1-c1cccc(C#N)c1. The topological polar surface area (TPSA) is 97.0 Å². The van der Waals surface area contributed by atoms with E-state index in [4.69, 9.17) is 4.74 Å². The van der Waals surface area contributed by atoms with Crippen molar-refractivity contribution in [3.63, 3.8) is 0 Å². The van der Waals surface area contributed by atoms with Gasteiger partial charge in [0.1, 0.15) is 22.6 Å². The highest BCUT2D eigenvalue weighted by molar-refractivity contribution is 5.78. The van der Waals surface area contributed by atoms with Gasteiger partial charge >= 0.3 is 6.09 Å². The molecule has 3 aromatic rings. The molecule has 0 radical (unpaired) electrons. The number of hydrogen-bond acceptors (Lipinski definition) is 5. The van der Waals surface area contributed by atoms with Crippen LogP contribution < -0.4 is 10.9 Å². The van der Waals surface area contributed by atoms with Gasteiger partial charge in [0.15, 0.2) is 0 Å². The Kier molecular flexibility index (Phi) is 5.83. The third kappa shape index (κ3) is 4.63. The zero-order valence-electron chi connectivity index (χ0n) is 16.9. The average molecular weight is 408 g/mol. The van der Waals surface area contributed by atoms with E-state index >= 15 is 0 Å². The van der Waals surface area contributed by atoms with Crippen LogP contribution in [0.2, 0.25) is 0 Å². The third-order valence-corrected chi connectivity index (χ3v) is 4.17. The van der Waals surface area contributed by atoms with Crippen LogP contribution in [0.5, 0.6) is 0 Å². The minimum Gasteiger partial charge on any atom is -0.444 e. The van der Waals surface area contributed by atoms with Crippen LogP contribution in [0.25, 0.3) is 16.6 Å². The molecule has 0 bridgehead atoms. The van der Waals surface area contributed by atoms with E-state index in [2.05, 4.69) is 10.3 Å². The van der Waals surface area contributed by atoms with E-state index in [1.54, 1.807) is 45.0 Å². The summed E-state index contributed by atoms with van der Waals surface area (Å²) in [5.41, 5.74) is -0.252. The Morgan fingerprint density at radius 1 is 1.27 bits per heavy atom. The van der Waals surface area contributed by atoms with Crippen LogP contribution in [0.3, 0.4) is 0 Å². The summed E-state index contributed by atoms with van der Waals surface area (Å²) < 4.78 is 20.8. The first-order chi connectivity index (χ1) is 14.2. The summed E-state index contributed by atoms with van der Waals surface area (Å²) in [6.07, 6.45) is -0.396. The van der Waals surface area contributed by atoms with Crippen molar-refractivity contribution in [3.8, 4) is 11.8 Å². The second-order valence-electron chi connectivity index (χ2n) is 7.64. The largest absolute Gasteiger partial charge is 0.444 e. The molecule has 8 heteroatoms. The quantitative estimate of drug-likeness (QED) is 0.713. The molecule has 0 fully saturated rings. The standard InChI is InChI=1S/C22H21FN4O3/c1-22(2,3)30-21(29)25-11-10-18-26-17-9-5-8-16(23)19(17)20(28)27(18)15-7-4-6-14(12-15)13-24/h4-9,12H,10-11H2,1-3H3,(H,25,29). The monoisotopic (exact) mass is 408 g/mol. The highest BCUT2D eigenvalue weighted by Crippen LogP contribution is 2.17. The fourth-order valence-electron chi connectivity index (χ4n) is 2.97. The molecule has 1 amide bonds. The molecule has 154 valence electrons. The number of carbonyl (C=O) groups excluding carboxylic acids is 1. The van der Waals surface area contributed by atoms with Gasteiger partial charge in [-0.1, -0.05) is 12.1 Å². The minimum absolute atomic E-state index is 0.135. The molecule has 0 atom stereocenters. The van der Waals surface area contributed by atoms with Gasteiger partial charge in [0.2, 0.25) is 0 Å². The summed E-state index contributed by atoms with van der Waals surface area (Å²) in [4.78, 5) is 29.5. The van der Waals surface area contributed by atoms with Crippen molar-refractivity contribution in [2.45, 2.75) is 32.8 Å². The van der Waals surface area contributed by atoms with E-state index < -0.39 is 23.1 Å². The van der Waals surface area contributed by atoms with Crippen molar-refractivity contribution >= 4 is 17.0 Å². The highest BCUT2D eigenvalue weighted by Gasteiger charge is 2.18. The van der Waals surface area contributed by atoms with Crippen LogP contribution in [0.15, 0.2) is 47.3 Å². The van der Waals surface area contributed by atoms with E-state index in [0.29, 0.717) is 17.1 Å². The lowest BCUT2D eigenvalue weighted by atomic mass is 10.2. The molecule has 0 spiro atoms. The maximum absolute atomic E-state index is 14.4. The lowest BCUT2D eigenvalue weighted by Gasteiger charge is -2.20. The van der Waals surface area contributed by atoms with Crippen molar-refractivity contribution in [2.75, 3.05) is 6.54 Å². The Morgan fingerprint density at radius 3 is 2.70 bits per heavy atom. The Labute approximate surface area is 172 Å². The van der Waals surface area contributed by atoms with Gasteiger partial charge in [-0.25, -0.2) is 14.2 Å². The zero-order valence-corrected chi connectivity index (χ0v) is 16.9. The number of hydrogen-bond donors (Lipinski definition) is 1. The molecule has 2 aromatic carbocycles. The van der Waals surface area contributed by atoms with Gasteiger partial charge in [-0.15, -0.1) is 0 Å². The average Bonchev–Trinajstić information content (AvgIpc) is 2.66. The van der Waals surface area contributed by atoms with Crippen LogP contribution in [0.1, 0.15) is 32.2 Å². The minimum atomic E-state index is -0.673. The maximum atomic E-state index is 14.4. The molecule has 30 heavy (non-hydrogen) atoms. The number of fused-ring (bicyclic) bond motifs is 1. The third-order valence-electron chi connectivity index (χ3n) is 4.17. The first-order valence-corrected chi connectivity index (χ1v) is 9.37. The van der Waals surface area contributed by atoms with Crippen molar-refractivity contribution in [1.29, 1.82) is 5.26 Å². The van der Waals surface area contributed by atoms with E-state index in [1.165, 1.54) is 22.8 Å².